The van der Waals surface area contributed by atoms with Gasteiger partial charge in [-0.05, 0) is 24.6 Å². The normalized spacial score (nSPS) is 10.7. The van der Waals surface area contributed by atoms with E-state index in [4.69, 9.17) is 17.4 Å². The summed E-state index contributed by atoms with van der Waals surface area (Å²) in [5.74, 6) is 5.26. The summed E-state index contributed by atoms with van der Waals surface area (Å²) < 4.78 is 1.05. The van der Waals surface area contributed by atoms with Crippen molar-refractivity contribution in [3.63, 3.8) is 0 Å². The van der Waals surface area contributed by atoms with Gasteiger partial charge in [0.05, 0.1) is 9.72 Å². The molecule has 0 radical (unpaired) electrons. The smallest absolute Gasteiger partial charge is 0.198 e. The molecule has 0 aliphatic heterocycles. The van der Waals surface area contributed by atoms with Gasteiger partial charge in [-0.15, -0.1) is 0 Å². The molecule has 0 amide bonds. The topological polar surface area (TPSA) is 50.9 Å². The van der Waals surface area contributed by atoms with E-state index >= 15 is 0 Å². The number of hydrogen-bond acceptors (Lipinski definition) is 4. The van der Waals surface area contributed by atoms with Gasteiger partial charge in [0.15, 0.2) is 5.13 Å². The molecule has 3 nitrogen and oxygen atoms in total. The van der Waals surface area contributed by atoms with Gasteiger partial charge in [-0.3, -0.25) is 5.43 Å². The number of aromatic nitrogens is 1. The van der Waals surface area contributed by atoms with Crippen LogP contribution < -0.4 is 11.3 Å². The zero-order valence-electron chi connectivity index (χ0n) is 6.97. The fraction of sp³-hybridized carbons (Fsp3) is 0.125. The molecule has 1 heterocycles. The van der Waals surface area contributed by atoms with Gasteiger partial charge in [0.1, 0.15) is 5.52 Å². The van der Waals surface area contributed by atoms with Crippen LogP contribution >= 0.6 is 22.9 Å². The summed E-state index contributed by atoms with van der Waals surface area (Å²) in [4.78, 5) is 4.22. The molecule has 0 aliphatic rings. The molecule has 1 aromatic carbocycles. The molecule has 2 rings (SSSR count). The van der Waals surface area contributed by atoms with Crippen molar-refractivity contribution in [1.82, 2.24) is 4.98 Å². The summed E-state index contributed by atoms with van der Waals surface area (Å²) in [6.07, 6.45) is 0. The van der Waals surface area contributed by atoms with Gasteiger partial charge in [-0.2, -0.15) is 0 Å². The Labute approximate surface area is 84.5 Å². The van der Waals surface area contributed by atoms with E-state index in [1.54, 1.807) is 0 Å². The largest absolute Gasteiger partial charge is 0.300 e. The van der Waals surface area contributed by atoms with Gasteiger partial charge in [0.25, 0.3) is 0 Å². The standard InChI is InChI=1S/C8H8ClN3S/c1-4-2-5(9)7-6(3-4)13-8(11-7)12-10/h2-3H,10H2,1H3,(H,11,12). The highest BCUT2D eigenvalue weighted by molar-refractivity contribution is 7.22. The SMILES string of the molecule is Cc1cc(Cl)c2nc(NN)sc2c1. The van der Waals surface area contributed by atoms with Crippen LogP contribution in [0.4, 0.5) is 5.13 Å². The maximum absolute atomic E-state index is 6.01. The molecular weight excluding hydrogens is 206 g/mol. The Hall–Kier alpha value is -0.840. The van der Waals surface area contributed by atoms with Crippen molar-refractivity contribution in [3.05, 3.63) is 22.7 Å². The summed E-state index contributed by atoms with van der Waals surface area (Å²) in [6, 6.07) is 3.93. The highest BCUT2D eigenvalue weighted by atomic mass is 35.5. The lowest BCUT2D eigenvalue weighted by Crippen LogP contribution is -2.05. The maximum Gasteiger partial charge on any atom is 0.198 e. The van der Waals surface area contributed by atoms with Gasteiger partial charge in [0, 0.05) is 0 Å². The van der Waals surface area contributed by atoms with E-state index in [1.165, 1.54) is 11.3 Å². The van der Waals surface area contributed by atoms with Crippen LogP contribution in [0.1, 0.15) is 5.56 Å². The third-order valence-electron chi connectivity index (χ3n) is 1.72. The Morgan fingerprint density at radius 1 is 1.54 bits per heavy atom. The number of aryl methyl sites for hydroxylation is 1. The Balaban J connectivity index is 2.75. The van der Waals surface area contributed by atoms with E-state index in [9.17, 15) is 0 Å². The molecular formula is C8H8ClN3S. The van der Waals surface area contributed by atoms with Crippen LogP contribution in [-0.4, -0.2) is 4.98 Å². The minimum absolute atomic E-state index is 0.674. The molecule has 0 fully saturated rings. The van der Waals surface area contributed by atoms with E-state index in [2.05, 4.69) is 10.4 Å². The van der Waals surface area contributed by atoms with E-state index in [1.807, 2.05) is 19.1 Å². The summed E-state index contributed by atoms with van der Waals surface area (Å²) in [7, 11) is 0. The molecule has 13 heavy (non-hydrogen) atoms. The zero-order chi connectivity index (χ0) is 9.42. The highest BCUT2D eigenvalue weighted by Gasteiger charge is 2.06. The van der Waals surface area contributed by atoms with Crippen molar-refractivity contribution >= 4 is 38.3 Å². The minimum atomic E-state index is 0.674. The van der Waals surface area contributed by atoms with Crippen molar-refractivity contribution in [2.24, 2.45) is 5.84 Å². The van der Waals surface area contributed by atoms with Gasteiger partial charge < -0.3 is 0 Å². The summed E-state index contributed by atoms with van der Waals surface area (Å²) in [6.45, 7) is 2.00. The Morgan fingerprint density at radius 3 is 3.00 bits per heavy atom. The first-order valence-electron chi connectivity index (χ1n) is 3.74. The number of hydrazine groups is 1. The van der Waals surface area contributed by atoms with Crippen LogP contribution in [0.25, 0.3) is 10.2 Å². The van der Waals surface area contributed by atoms with Gasteiger partial charge in [-0.1, -0.05) is 22.9 Å². The number of fused-ring (bicyclic) bond motifs is 1. The van der Waals surface area contributed by atoms with Crippen LogP contribution in [-0.2, 0) is 0 Å². The molecule has 0 bridgehead atoms. The van der Waals surface area contributed by atoms with E-state index in [0.717, 1.165) is 15.8 Å². The highest BCUT2D eigenvalue weighted by Crippen LogP contribution is 2.31. The molecule has 1 aromatic heterocycles. The summed E-state index contributed by atoms with van der Waals surface area (Å²) in [5.41, 5.74) is 4.45. The van der Waals surface area contributed by atoms with Crippen molar-refractivity contribution < 1.29 is 0 Å². The molecule has 0 saturated heterocycles. The number of nitrogens with zero attached hydrogens (tertiary/aromatic N) is 1. The quantitative estimate of drug-likeness (QED) is 0.566. The van der Waals surface area contributed by atoms with E-state index in [-0.39, 0.29) is 0 Å². The van der Waals surface area contributed by atoms with Crippen LogP contribution in [0.2, 0.25) is 5.02 Å². The lowest BCUT2D eigenvalue weighted by Gasteiger charge is -1.93. The number of hydrogen-bond donors (Lipinski definition) is 2. The Kier molecular flexibility index (Phi) is 2.11. The maximum atomic E-state index is 6.01. The van der Waals surface area contributed by atoms with E-state index < -0.39 is 0 Å². The predicted molar refractivity (Wildman–Crippen MR) is 57.2 cm³/mol. The van der Waals surface area contributed by atoms with Crippen LogP contribution in [0.15, 0.2) is 12.1 Å². The van der Waals surface area contributed by atoms with Gasteiger partial charge in [-0.25, -0.2) is 10.8 Å². The first kappa shape index (κ1) is 8.74. The molecule has 0 unspecified atom stereocenters. The van der Waals surface area contributed by atoms with Crippen molar-refractivity contribution in [2.45, 2.75) is 6.92 Å². The second kappa shape index (κ2) is 3.14. The second-order valence-electron chi connectivity index (χ2n) is 2.76. The van der Waals surface area contributed by atoms with Crippen molar-refractivity contribution in [2.75, 3.05) is 5.43 Å². The number of nitrogen functional groups attached to an aromatic ring is 1. The molecule has 68 valence electrons. The van der Waals surface area contributed by atoms with Crippen LogP contribution in [0.3, 0.4) is 0 Å². The number of thiazole rings is 1. The number of halogens is 1. The zero-order valence-corrected chi connectivity index (χ0v) is 8.54. The number of rotatable bonds is 1. The first-order valence-corrected chi connectivity index (χ1v) is 4.93. The molecule has 0 saturated carbocycles. The second-order valence-corrected chi connectivity index (χ2v) is 4.19. The third-order valence-corrected chi connectivity index (χ3v) is 2.94. The molecule has 3 N–H and O–H groups in total. The molecule has 5 heteroatoms. The molecule has 0 atom stereocenters. The first-order chi connectivity index (χ1) is 6.20. The number of benzene rings is 1. The van der Waals surface area contributed by atoms with E-state index in [0.29, 0.717) is 10.2 Å². The fourth-order valence-corrected chi connectivity index (χ4v) is 2.45. The van der Waals surface area contributed by atoms with Crippen molar-refractivity contribution in [1.29, 1.82) is 0 Å². The monoisotopic (exact) mass is 213 g/mol. The van der Waals surface area contributed by atoms with Crippen LogP contribution in [0, 0.1) is 6.92 Å². The molecule has 0 spiro atoms. The summed E-state index contributed by atoms with van der Waals surface area (Å²) in [5, 5.41) is 1.36. The minimum Gasteiger partial charge on any atom is -0.300 e. The Bertz CT molecular complexity index is 452. The van der Waals surface area contributed by atoms with Crippen molar-refractivity contribution in [3.8, 4) is 0 Å². The average Bonchev–Trinajstić information content (AvgIpc) is 2.47. The predicted octanol–water partition coefficient (Wildman–Crippen LogP) is 2.54. The molecule has 2 aromatic rings. The number of anilines is 1. The average molecular weight is 214 g/mol. The lowest BCUT2D eigenvalue weighted by atomic mass is 10.2. The Morgan fingerprint density at radius 2 is 2.31 bits per heavy atom. The molecule has 0 aliphatic carbocycles. The van der Waals surface area contributed by atoms with Crippen LogP contribution in [0.5, 0.6) is 0 Å². The van der Waals surface area contributed by atoms with Gasteiger partial charge in [0.2, 0.25) is 0 Å². The number of nitrogens with one attached hydrogen (secondary N) is 1. The lowest BCUT2D eigenvalue weighted by molar-refractivity contribution is 1.31. The third kappa shape index (κ3) is 1.48. The summed E-state index contributed by atoms with van der Waals surface area (Å²) >= 11 is 7.50. The fourth-order valence-electron chi connectivity index (χ4n) is 1.18. The van der Waals surface area contributed by atoms with Gasteiger partial charge >= 0.3 is 0 Å². The number of nitrogens with two attached hydrogens (primary N) is 1.